The van der Waals surface area contributed by atoms with Gasteiger partial charge in [-0.25, -0.2) is 8.78 Å². The average Bonchev–Trinajstić information content (AvgIpc) is 2.74. The summed E-state index contributed by atoms with van der Waals surface area (Å²) in [7, 11) is 2.87. The van der Waals surface area contributed by atoms with Crippen molar-refractivity contribution < 1.29 is 18.3 Å². The molecule has 0 amide bonds. The Hall–Kier alpha value is -3.13. The van der Waals surface area contributed by atoms with Crippen LogP contribution >= 0.6 is 11.6 Å². The third-order valence-corrected chi connectivity index (χ3v) is 4.44. The lowest BCUT2D eigenvalue weighted by Crippen LogP contribution is -2.19. The number of alkyl halides is 1. The second-order valence-corrected chi connectivity index (χ2v) is 6.59. The Morgan fingerprint density at radius 1 is 1.30 bits per heavy atom. The molecule has 0 saturated carbocycles. The minimum Gasteiger partial charge on any atom is -0.495 e. The van der Waals surface area contributed by atoms with Crippen molar-refractivity contribution in [2.24, 2.45) is 0 Å². The molecular formula is C21H22ClF2N3O3. The van der Waals surface area contributed by atoms with E-state index in [0.717, 1.165) is 11.6 Å². The predicted molar refractivity (Wildman–Crippen MR) is 115 cm³/mol. The highest BCUT2D eigenvalue weighted by Crippen LogP contribution is 2.32. The lowest BCUT2D eigenvalue weighted by atomic mass is 10.2. The van der Waals surface area contributed by atoms with Gasteiger partial charge in [0.15, 0.2) is 0 Å². The molecule has 0 radical (unpaired) electrons. The van der Waals surface area contributed by atoms with Crippen molar-refractivity contribution >= 4 is 23.2 Å². The number of methoxy groups -OCH3 is 2. The highest BCUT2D eigenvalue weighted by Gasteiger charge is 2.13. The molecule has 1 heterocycles. The maximum Gasteiger partial charge on any atom is 0.316 e. The van der Waals surface area contributed by atoms with Gasteiger partial charge in [0, 0.05) is 5.69 Å². The van der Waals surface area contributed by atoms with Gasteiger partial charge in [-0.3, -0.25) is 4.79 Å². The van der Waals surface area contributed by atoms with Gasteiger partial charge in [-0.05, 0) is 36.3 Å². The van der Waals surface area contributed by atoms with Crippen LogP contribution in [0.2, 0.25) is 5.02 Å². The molecule has 9 heteroatoms. The van der Waals surface area contributed by atoms with Gasteiger partial charge in [-0.15, -0.1) is 0 Å². The fraction of sp³-hybridized carbons (Fsp3) is 0.238. The van der Waals surface area contributed by atoms with Crippen LogP contribution < -0.4 is 20.3 Å². The normalized spacial score (nSPS) is 11.9. The highest BCUT2D eigenvalue weighted by atomic mass is 35.5. The minimum atomic E-state index is -1.20. The van der Waals surface area contributed by atoms with Gasteiger partial charge in [0.1, 0.15) is 18.3 Å². The number of hydrogen-bond acceptors (Lipinski definition) is 5. The number of nitrogens with one attached hydrogen (secondary N) is 1. The third kappa shape index (κ3) is 5.70. The van der Waals surface area contributed by atoms with Crippen molar-refractivity contribution in [2.75, 3.05) is 26.2 Å². The minimum absolute atomic E-state index is 0.0268. The lowest BCUT2D eigenvalue weighted by Gasteiger charge is -2.17. The maximum atomic E-state index is 13.1. The van der Waals surface area contributed by atoms with E-state index >= 15 is 0 Å². The summed E-state index contributed by atoms with van der Waals surface area (Å²) >= 11 is 6.21. The molecule has 0 bridgehead atoms. The van der Waals surface area contributed by atoms with Crippen LogP contribution in [0.15, 0.2) is 59.3 Å². The Kier molecular flexibility index (Phi) is 8.17. The fourth-order valence-corrected chi connectivity index (χ4v) is 2.77. The van der Waals surface area contributed by atoms with Gasteiger partial charge < -0.3 is 19.4 Å². The second kappa shape index (κ2) is 10.6. The standard InChI is InChI=1S/C21H22ClF2N3O3/c1-5-14(6-7-15(24)10-23)11-27-12-19(30-4)20(28)26-21(27)25-17-9-16(22)18(29-3)8-13(17)2/h5-9,12H,1,10-11H2,2-4H3,(H,25,26,28)/b14-6+,15-7+. The monoisotopic (exact) mass is 437 g/mol. The van der Waals surface area contributed by atoms with E-state index in [1.54, 1.807) is 16.7 Å². The molecule has 0 spiro atoms. The van der Waals surface area contributed by atoms with Crippen molar-refractivity contribution in [3.8, 4) is 11.5 Å². The zero-order valence-corrected chi connectivity index (χ0v) is 17.6. The number of halogens is 3. The van der Waals surface area contributed by atoms with Crippen LogP contribution in [0, 0.1) is 6.92 Å². The van der Waals surface area contributed by atoms with Gasteiger partial charge in [0.25, 0.3) is 0 Å². The fourth-order valence-electron chi connectivity index (χ4n) is 2.52. The SMILES string of the molecule is C=C/C(=C\C=C(\F)CF)Cn1cc(OC)c(=O)nc1Nc1cc(Cl)c(OC)cc1C. The van der Waals surface area contributed by atoms with Crippen LogP contribution in [-0.4, -0.2) is 30.4 Å². The molecule has 0 aliphatic heterocycles. The second-order valence-electron chi connectivity index (χ2n) is 6.19. The van der Waals surface area contributed by atoms with Crippen molar-refractivity contribution in [2.45, 2.75) is 13.5 Å². The summed E-state index contributed by atoms with van der Waals surface area (Å²) in [6.45, 7) is 4.49. The number of aromatic nitrogens is 2. The lowest BCUT2D eigenvalue weighted by molar-refractivity contribution is 0.402. The molecule has 0 aliphatic carbocycles. The molecule has 1 N–H and O–H groups in total. The summed E-state index contributed by atoms with van der Waals surface area (Å²) in [4.78, 5) is 16.2. The number of nitrogens with zero attached hydrogens (tertiary/aromatic N) is 2. The smallest absolute Gasteiger partial charge is 0.316 e. The third-order valence-electron chi connectivity index (χ3n) is 4.15. The van der Waals surface area contributed by atoms with Crippen molar-refractivity contribution in [1.82, 2.24) is 9.55 Å². The Bertz CT molecular complexity index is 1050. The first kappa shape index (κ1) is 23.2. The molecule has 0 aliphatic rings. The maximum absolute atomic E-state index is 13.1. The molecule has 1 aromatic carbocycles. The molecule has 160 valence electrons. The van der Waals surface area contributed by atoms with Crippen LogP contribution in [0.4, 0.5) is 20.4 Å². The molecule has 2 aromatic rings. The summed E-state index contributed by atoms with van der Waals surface area (Å²) in [5.41, 5.74) is 1.40. The van der Waals surface area contributed by atoms with E-state index < -0.39 is 18.1 Å². The zero-order chi connectivity index (χ0) is 22.3. The summed E-state index contributed by atoms with van der Waals surface area (Å²) < 4.78 is 37.3. The van der Waals surface area contributed by atoms with Gasteiger partial charge in [0.2, 0.25) is 11.7 Å². The number of allylic oxidation sites excluding steroid dienone is 5. The Morgan fingerprint density at radius 3 is 2.60 bits per heavy atom. The Balaban J connectivity index is 2.50. The summed E-state index contributed by atoms with van der Waals surface area (Å²) in [5.74, 6) is -0.170. The topological polar surface area (TPSA) is 65.4 Å². The first-order valence-corrected chi connectivity index (χ1v) is 9.21. The molecule has 1 aromatic heterocycles. The quantitative estimate of drug-likeness (QED) is 0.565. The van der Waals surface area contributed by atoms with E-state index in [1.807, 2.05) is 6.92 Å². The number of aryl methyl sites for hydroxylation is 1. The number of ether oxygens (including phenoxy) is 2. The zero-order valence-electron chi connectivity index (χ0n) is 16.8. The highest BCUT2D eigenvalue weighted by molar-refractivity contribution is 6.32. The Morgan fingerprint density at radius 2 is 2.00 bits per heavy atom. The van der Waals surface area contributed by atoms with E-state index in [2.05, 4.69) is 16.9 Å². The number of hydrogen-bond donors (Lipinski definition) is 1. The van der Waals surface area contributed by atoms with Gasteiger partial charge >= 0.3 is 5.56 Å². The van der Waals surface area contributed by atoms with Crippen molar-refractivity contribution in [3.05, 3.63) is 75.5 Å². The van der Waals surface area contributed by atoms with E-state index in [0.29, 0.717) is 22.0 Å². The van der Waals surface area contributed by atoms with E-state index in [9.17, 15) is 13.6 Å². The molecule has 0 saturated heterocycles. The number of rotatable bonds is 9. The molecular weight excluding hydrogens is 416 g/mol. The summed E-state index contributed by atoms with van der Waals surface area (Å²) in [6, 6.07) is 3.40. The molecule has 0 atom stereocenters. The van der Waals surface area contributed by atoms with Crippen LogP contribution in [-0.2, 0) is 6.54 Å². The average molecular weight is 438 g/mol. The summed E-state index contributed by atoms with van der Waals surface area (Å²) in [5, 5.41) is 3.46. The number of anilines is 2. The van der Waals surface area contributed by atoms with E-state index in [1.165, 1.54) is 32.6 Å². The largest absolute Gasteiger partial charge is 0.495 e. The molecule has 30 heavy (non-hydrogen) atoms. The van der Waals surface area contributed by atoms with Crippen LogP contribution in [0.3, 0.4) is 0 Å². The number of benzene rings is 1. The van der Waals surface area contributed by atoms with Crippen molar-refractivity contribution in [1.29, 1.82) is 0 Å². The molecule has 6 nitrogen and oxygen atoms in total. The molecule has 0 unspecified atom stereocenters. The van der Waals surface area contributed by atoms with E-state index in [4.69, 9.17) is 21.1 Å². The first-order chi connectivity index (χ1) is 14.3. The van der Waals surface area contributed by atoms with Crippen LogP contribution in [0.5, 0.6) is 11.5 Å². The van der Waals surface area contributed by atoms with Gasteiger partial charge in [-0.2, -0.15) is 4.98 Å². The van der Waals surface area contributed by atoms with E-state index in [-0.39, 0.29) is 18.2 Å². The van der Waals surface area contributed by atoms with Crippen LogP contribution in [0.1, 0.15) is 5.56 Å². The van der Waals surface area contributed by atoms with Crippen molar-refractivity contribution in [3.63, 3.8) is 0 Å². The first-order valence-electron chi connectivity index (χ1n) is 8.83. The van der Waals surface area contributed by atoms with Gasteiger partial charge in [0.05, 0.1) is 32.0 Å². The molecule has 0 fully saturated rings. The summed E-state index contributed by atoms with van der Waals surface area (Å²) in [6.07, 6.45) is 5.37. The Labute approximate surface area is 178 Å². The molecule has 2 rings (SSSR count). The van der Waals surface area contributed by atoms with Gasteiger partial charge in [-0.1, -0.05) is 30.3 Å². The predicted octanol–water partition coefficient (Wildman–Crippen LogP) is 4.90. The van der Waals surface area contributed by atoms with Crippen LogP contribution in [0.25, 0.3) is 0 Å².